The number of nitrogens with zero attached hydrogens (tertiary/aromatic N) is 1. The summed E-state index contributed by atoms with van der Waals surface area (Å²) in [4.78, 5) is 33.7. The SMILES string of the molecule is CCCCCCCCC(C)OC(=O)CCCC(=O)Oc1ccc([N+](=O)[O-])cc1. The fourth-order valence-corrected chi connectivity index (χ4v) is 2.75. The molecular weight excluding hydrogens is 362 g/mol. The van der Waals surface area contributed by atoms with E-state index < -0.39 is 10.9 Å². The second kappa shape index (κ2) is 13.7. The molecule has 7 heteroatoms. The summed E-state index contributed by atoms with van der Waals surface area (Å²) >= 11 is 0. The van der Waals surface area contributed by atoms with Gasteiger partial charge in [0.25, 0.3) is 5.69 Å². The molecule has 0 aliphatic heterocycles. The smallest absolute Gasteiger partial charge is 0.311 e. The topological polar surface area (TPSA) is 95.7 Å². The summed E-state index contributed by atoms with van der Waals surface area (Å²) in [5, 5.41) is 10.6. The van der Waals surface area contributed by atoms with E-state index >= 15 is 0 Å². The normalized spacial score (nSPS) is 11.6. The maximum atomic E-state index is 11.8. The molecular formula is C21H31NO6. The number of non-ortho nitro benzene ring substituents is 1. The third-order valence-corrected chi connectivity index (χ3v) is 4.34. The Morgan fingerprint density at radius 2 is 1.57 bits per heavy atom. The van der Waals surface area contributed by atoms with Crippen LogP contribution in [0.4, 0.5) is 5.69 Å². The molecule has 0 saturated carbocycles. The van der Waals surface area contributed by atoms with Gasteiger partial charge in [0.15, 0.2) is 0 Å². The highest BCUT2D eigenvalue weighted by molar-refractivity contribution is 5.74. The zero-order valence-corrected chi connectivity index (χ0v) is 16.9. The van der Waals surface area contributed by atoms with E-state index in [-0.39, 0.29) is 36.4 Å². The number of carbonyl (C=O) groups excluding carboxylic acids is 2. The number of benzene rings is 1. The molecule has 0 heterocycles. The summed E-state index contributed by atoms with van der Waals surface area (Å²) < 4.78 is 10.5. The van der Waals surface area contributed by atoms with Crippen molar-refractivity contribution in [3.05, 3.63) is 34.4 Å². The van der Waals surface area contributed by atoms with E-state index in [9.17, 15) is 19.7 Å². The van der Waals surface area contributed by atoms with Crippen molar-refractivity contribution in [3.63, 3.8) is 0 Å². The minimum absolute atomic E-state index is 0.0716. The average Bonchev–Trinajstić information content (AvgIpc) is 2.65. The van der Waals surface area contributed by atoms with E-state index in [0.29, 0.717) is 6.42 Å². The third kappa shape index (κ3) is 10.6. The lowest BCUT2D eigenvalue weighted by Gasteiger charge is -2.13. The van der Waals surface area contributed by atoms with Crippen LogP contribution < -0.4 is 4.74 Å². The molecule has 1 unspecified atom stereocenters. The third-order valence-electron chi connectivity index (χ3n) is 4.34. The van der Waals surface area contributed by atoms with Crippen molar-refractivity contribution in [2.24, 2.45) is 0 Å². The van der Waals surface area contributed by atoms with Crippen LogP contribution in [0.1, 0.15) is 78.1 Å². The number of hydrogen-bond acceptors (Lipinski definition) is 6. The Kier molecular flexibility index (Phi) is 11.5. The lowest BCUT2D eigenvalue weighted by Crippen LogP contribution is -2.15. The van der Waals surface area contributed by atoms with Crippen LogP contribution in [0.15, 0.2) is 24.3 Å². The number of esters is 2. The molecule has 0 aromatic heterocycles. The monoisotopic (exact) mass is 393 g/mol. The van der Waals surface area contributed by atoms with Gasteiger partial charge in [0, 0.05) is 25.0 Å². The molecule has 0 amide bonds. The molecule has 0 aliphatic carbocycles. The average molecular weight is 393 g/mol. The van der Waals surface area contributed by atoms with Crippen LogP contribution in [0.5, 0.6) is 5.75 Å². The molecule has 156 valence electrons. The summed E-state index contributed by atoms with van der Waals surface area (Å²) in [7, 11) is 0. The van der Waals surface area contributed by atoms with Crippen molar-refractivity contribution in [2.45, 2.75) is 84.2 Å². The van der Waals surface area contributed by atoms with Gasteiger partial charge in [0.05, 0.1) is 11.0 Å². The molecule has 0 aliphatic rings. The predicted octanol–water partition coefficient (Wildman–Crippen LogP) is 5.35. The van der Waals surface area contributed by atoms with Crippen LogP contribution in [0.3, 0.4) is 0 Å². The minimum Gasteiger partial charge on any atom is -0.463 e. The summed E-state index contributed by atoms with van der Waals surface area (Å²) in [6.07, 6.45) is 8.56. The second-order valence-electron chi connectivity index (χ2n) is 6.94. The Bertz CT molecular complexity index is 614. The molecule has 1 aromatic rings. The van der Waals surface area contributed by atoms with E-state index in [2.05, 4.69) is 6.92 Å². The molecule has 0 radical (unpaired) electrons. The van der Waals surface area contributed by atoms with Crippen molar-refractivity contribution in [3.8, 4) is 5.75 Å². The standard InChI is InChI=1S/C21H31NO6/c1-3-4-5-6-7-8-10-17(2)27-20(23)11-9-12-21(24)28-19-15-13-18(14-16-19)22(25)26/h13-17H,3-12H2,1-2H3. The first-order valence-corrected chi connectivity index (χ1v) is 10.1. The largest absolute Gasteiger partial charge is 0.463 e. The molecule has 0 bridgehead atoms. The molecule has 28 heavy (non-hydrogen) atoms. The van der Waals surface area contributed by atoms with Crippen molar-refractivity contribution >= 4 is 17.6 Å². The number of hydrogen-bond donors (Lipinski definition) is 0. The van der Waals surface area contributed by atoms with Gasteiger partial charge in [-0.05, 0) is 38.3 Å². The molecule has 0 fully saturated rings. The zero-order valence-electron chi connectivity index (χ0n) is 16.9. The van der Waals surface area contributed by atoms with E-state index in [0.717, 1.165) is 19.3 Å². The zero-order chi connectivity index (χ0) is 20.8. The molecule has 1 rings (SSSR count). The van der Waals surface area contributed by atoms with Gasteiger partial charge >= 0.3 is 11.9 Å². The lowest BCUT2D eigenvalue weighted by molar-refractivity contribution is -0.384. The maximum absolute atomic E-state index is 11.8. The molecule has 7 nitrogen and oxygen atoms in total. The second-order valence-corrected chi connectivity index (χ2v) is 6.94. The molecule has 0 N–H and O–H groups in total. The summed E-state index contributed by atoms with van der Waals surface area (Å²) in [5.74, 6) is -0.547. The number of rotatable bonds is 14. The molecule has 0 spiro atoms. The number of nitro benzene ring substituents is 1. The van der Waals surface area contributed by atoms with Crippen LogP contribution >= 0.6 is 0 Å². The Morgan fingerprint density at radius 1 is 0.964 bits per heavy atom. The van der Waals surface area contributed by atoms with Gasteiger partial charge in [-0.15, -0.1) is 0 Å². The summed E-state index contributed by atoms with van der Waals surface area (Å²) in [6, 6.07) is 5.28. The first-order chi connectivity index (χ1) is 13.4. The van der Waals surface area contributed by atoms with E-state index in [1.807, 2.05) is 6.92 Å². The molecule has 1 atom stereocenters. The van der Waals surface area contributed by atoms with E-state index in [1.165, 1.54) is 49.9 Å². The minimum atomic E-state index is -0.523. The van der Waals surface area contributed by atoms with E-state index in [4.69, 9.17) is 9.47 Å². The van der Waals surface area contributed by atoms with Gasteiger partial charge in [0.2, 0.25) is 0 Å². The van der Waals surface area contributed by atoms with Crippen LogP contribution in [0, 0.1) is 10.1 Å². The maximum Gasteiger partial charge on any atom is 0.311 e. The number of unbranched alkanes of at least 4 members (excludes halogenated alkanes) is 5. The van der Waals surface area contributed by atoms with Crippen LogP contribution in [-0.2, 0) is 14.3 Å². The Hall–Kier alpha value is -2.44. The number of nitro groups is 1. The Balaban J connectivity index is 2.14. The quantitative estimate of drug-likeness (QED) is 0.139. The van der Waals surface area contributed by atoms with Crippen molar-refractivity contribution in [1.82, 2.24) is 0 Å². The van der Waals surface area contributed by atoms with Crippen LogP contribution in [0.25, 0.3) is 0 Å². The number of carbonyl (C=O) groups is 2. The van der Waals surface area contributed by atoms with Gasteiger partial charge in [-0.2, -0.15) is 0 Å². The van der Waals surface area contributed by atoms with Crippen molar-refractivity contribution < 1.29 is 24.0 Å². The summed E-state index contributed by atoms with van der Waals surface area (Å²) in [6.45, 7) is 4.09. The van der Waals surface area contributed by atoms with Gasteiger partial charge in [-0.1, -0.05) is 39.0 Å². The fourth-order valence-electron chi connectivity index (χ4n) is 2.75. The van der Waals surface area contributed by atoms with Gasteiger partial charge < -0.3 is 9.47 Å². The highest BCUT2D eigenvalue weighted by Gasteiger charge is 2.12. The van der Waals surface area contributed by atoms with Crippen molar-refractivity contribution in [2.75, 3.05) is 0 Å². The number of ether oxygens (including phenoxy) is 2. The molecule has 0 saturated heterocycles. The van der Waals surface area contributed by atoms with Gasteiger partial charge in [-0.25, -0.2) is 0 Å². The van der Waals surface area contributed by atoms with Crippen LogP contribution in [0.2, 0.25) is 0 Å². The van der Waals surface area contributed by atoms with Gasteiger partial charge in [0.1, 0.15) is 5.75 Å². The lowest BCUT2D eigenvalue weighted by atomic mass is 10.1. The summed E-state index contributed by atoms with van der Waals surface area (Å²) in [5.41, 5.74) is -0.0716. The molecule has 1 aromatic carbocycles. The first-order valence-electron chi connectivity index (χ1n) is 10.1. The Labute approximate surface area is 166 Å². The van der Waals surface area contributed by atoms with Crippen molar-refractivity contribution in [1.29, 1.82) is 0 Å². The predicted molar refractivity (Wildman–Crippen MR) is 106 cm³/mol. The highest BCUT2D eigenvalue weighted by Crippen LogP contribution is 2.18. The fraction of sp³-hybridized carbons (Fsp3) is 0.619. The van der Waals surface area contributed by atoms with E-state index in [1.54, 1.807) is 0 Å². The van der Waals surface area contributed by atoms with Crippen LogP contribution in [-0.4, -0.2) is 23.0 Å². The first kappa shape index (κ1) is 23.6. The Morgan fingerprint density at radius 3 is 2.21 bits per heavy atom. The van der Waals surface area contributed by atoms with Gasteiger partial charge in [-0.3, -0.25) is 19.7 Å². The highest BCUT2D eigenvalue weighted by atomic mass is 16.6.